The number of anilines is 1. The van der Waals surface area contributed by atoms with Crippen molar-refractivity contribution in [2.45, 2.75) is 25.8 Å². The summed E-state index contributed by atoms with van der Waals surface area (Å²) < 4.78 is 0. The molecule has 0 heterocycles. The summed E-state index contributed by atoms with van der Waals surface area (Å²) in [4.78, 5) is 22.1. The average molecular weight is 284 g/mol. The number of hydrogen-bond donors (Lipinski definition) is 2. The van der Waals surface area contributed by atoms with Crippen LogP contribution in [0, 0.1) is 16.0 Å². The van der Waals surface area contributed by atoms with Crippen LogP contribution in [-0.2, 0) is 0 Å². The van der Waals surface area contributed by atoms with Gasteiger partial charge in [-0.25, -0.2) is 0 Å². The van der Waals surface area contributed by atoms with Crippen LogP contribution in [0.2, 0.25) is 5.02 Å². The fourth-order valence-corrected chi connectivity index (χ4v) is 2.23. The van der Waals surface area contributed by atoms with E-state index in [0.717, 1.165) is 18.9 Å². The van der Waals surface area contributed by atoms with Crippen molar-refractivity contribution in [2.75, 3.05) is 5.73 Å². The minimum absolute atomic E-state index is 0.0159. The number of nitro benzene ring substituents is 1. The maximum atomic E-state index is 12.0. The molecule has 0 aromatic heterocycles. The fraction of sp³-hybridized carbons (Fsp3) is 0.417. The first-order valence-corrected chi connectivity index (χ1v) is 6.36. The van der Waals surface area contributed by atoms with Gasteiger partial charge in [0.05, 0.1) is 9.95 Å². The van der Waals surface area contributed by atoms with Gasteiger partial charge in [-0.05, 0) is 18.4 Å². The summed E-state index contributed by atoms with van der Waals surface area (Å²) in [6.45, 7) is 2.06. The van der Waals surface area contributed by atoms with Gasteiger partial charge in [0, 0.05) is 17.7 Å². The van der Waals surface area contributed by atoms with E-state index in [1.54, 1.807) is 0 Å². The van der Waals surface area contributed by atoms with E-state index in [2.05, 4.69) is 12.2 Å². The predicted molar refractivity (Wildman–Crippen MR) is 72.2 cm³/mol. The Bertz CT molecular complexity index is 547. The Morgan fingerprint density at radius 2 is 2.32 bits per heavy atom. The van der Waals surface area contributed by atoms with Crippen molar-refractivity contribution in [1.29, 1.82) is 0 Å². The van der Waals surface area contributed by atoms with Crippen molar-refractivity contribution in [1.82, 2.24) is 5.32 Å². The first-order chi connectivity index (χ1) is 8.93. The molecule has 2 rings (SSSR count). The Kier molecular flexibility index (Phi) is 3.61. The third-order valence-corrected chi connectivity index (χ3v) is 3.64. The van der Waals surface area contributed by atoms with Crippen LogP contribution in [0.3, 0.4) is 0 Å². The quantitative estimate of drug-likeness (QED) is 0.503. The van der Waals surface area contributed by atoms with Crippen molar-refractivity contribution in [3.05, 3.63) is 32.8 Å². The standard InChI is InChI=1S/C12H14ClN3O3/c1-2-6-4-9(6)15-12(17)7-3-8(13)11(14)10(5-7)16(18)19/h3,5-6,9H,2,4,14H2,1H3,(H,15,17). The Hall–Kier alpha value is -1.82. The zero-order valence-corrected chi connectivity index (χ0v) is 11.1. The number of carbonyl (C=O) groups excluding carboxylic acids is 1. The van der Waals surface area contributed by atoms with E-state index in [9.17, 15) is 14.9 Å². The third-order valence-electron chi connectivity index (χ3n) is 3.33. The molecule has 1 aromatic rings. The number of rotatable bonds is 4. The van der Waals surface area contributed by atoms with Gasteiger partial charge in [-0.2, -0.15) is 0 Å². The molecule has 3 N–H and O–H groups in total. The molecule has 1 aromatic carbocycles. The highest BCUT2D eigenvalue weighted by Gasteiger charge is 2.36. The summed E-state index contributed by atoms with van der Waals surface area (Å²) in [7, 11) is 0. The number of nitrogens with one attached hydrogen (secondary N) is 1. The molecule has 1 amide bonds. The molecular formula is C12H14ClN3O3. The van der Waals surface area contributed by atoms with E-state index in [1.807, 2.05) is 0 Å². The average Bonchev–Trinajstić information content (AvgIpc) is 3.10. The Morgan fingerprint density at radius 1 is 1.63 bits per heavy atom. The topological polar surface area (TPSA) is 98.3 Å². The second kappa shape index (κ2) is 5.05. The van der Waals surface area contributed by atoms with Crippen LogP contribution >= 0.6 is 11.6 Å². The fourth-order valence-electron chi connectivity index (χ4n) is 2.01. The largest absolute Gasteiger partial charge is 0.392 e. The van der Waals surface area contributed by atoms with Gasteiger partial charge in [-0.15, -0.1) is 0 Å². The van der Waals surface area contributed by atoms with Crippen molar-refractivity contribution < 1.29 is 9.72 Å². The van der Waals surface area contributed by atoms with Gasteiger partial charge in [-0.3, -0.25) is 14.9 Å². The van der Waals surface area contributed by atoms with Gasteiger partial charge < -0.3 is 11.1 Å². The minimum Gasteiger partial charge on any atom is -0.392 e. The van der Waals surface area contributed by atoms with Crippen molar-refractivity contribution in [2.24, 2.45) is 5.92 Å². The van der Waals surface area contributed by atoms with E-state index < -0.39 is 4.92 Å². The Morgan fingerprint density at radius 3 is 2.84 bits per heavy atom. The van der Waals surface area contributed by atoms with Crippen molar-refractivity contribution in [3.8, 4) is 0 Å². The number of benzene rings is 1. The van der Waals surface area contributed by atoms with Crippen LogP contribution in [0.15, 0.2) is 12.1 Å². The van der Waals surface area contributed by atoms with E-state index in [0.29, 0.717) is 5.92 Å². The zero-order valence-electron chi connectivity index (χ0n) is 10.4. The van der Waals surface area contributed by atoms with E-state index in [1.165, 1.54) is 6.07 Å². The monoisotopic (exact) mass is 283 g/mol. The van der Waals surface area contributed by atoms with E-state index >= 15 is 0 Å². The summed E-state index contributed by atoms with van der Waals surface area (Å²) in [5, 5.41) is 13.7. The molecule has 0 saturated heterocycles. The highest BCUT2D eigenvalue weighted by molar-refractivity contribution is 6.34. The summed E-state index contributed by atoms with van der Waals surface area (Å²) in [6.07, 6.45) is 1.96. The summed E-state index contributed by atoms with van der Waals surface area (Å²) in [5.41, 5.74) is 5.19. The van der Waals surface area contributed by atoms with Crippen LogP contribution in [0.25, 0.3) is 0 Å². The third kappa shape index (κ3) is 2.78. The van der Waals surface area contributed by atoms with Crippen molar-refractivity contribution in [3.63, 3.8) is 0 Å². The number of nitrogens with two attached hydrogens (primary N) is 1. The predicted octanol–water partition coefficient (Wildman–Crippen LogP) is 2.36. The SMILES string of the molecule is CCC1CC1NC(=O)c1cc(Cl)c(N)c([N+](=O)[O-])c1. The lowest BCUT2D eigenvalue weighted by atomic mass is 10.1. The van der Waals surface area contributed by atoms with Gasteiger partial charge in [0.1, 0.15) is 5.69 Å². The van der Waals surface area contributed by atoms with Gasteiger partial charge >= 0.3 is 0 Å². The molecule has 0 bridgehead atoms. The first kappa shape index (κ1) is 13.6. The smallest absolute Gasteiger partial charge is 0.294 e. The highest BCUT2D eigenvalue weighted by atomic mass is 35.5. The number of hydrogen-bond acceptors (Lipinski definition) is 4. The first-order valence-electron chi connectivity index (χ1n) is 5.98. The number of nitrogens with zero attached hydrogens (tertiary/aromatic N) is 1. The maximum absolute atomic E-state index is 12.0. The van der Waals surface area contributed by atoms with Gasteiger partial charge in [0.2, 0.25) is 0 Å². The second-order valence-electron chi connectivity index (χ2n) is 4.63. The normalized spacial score (nSPS) is 20.9. The molecule has 1 saturated carbocycles. The molecular weight excluding hydrogens is 270 g/mol. The van der Waals surface area contributed by atoms with Gasteiger partial charge in [0.15, 0.2) is 0 Å². The highest BCUT2D eigenvalue weighted by Crippen LogP contribution is 2.34. The van der Waals surface area contributed by atoms with Gasteiger partial charge in [0.25, 0.3) is 11.6 Å². The molecule has 2 atom stereocenters. The summed E-state index contributed by atoms with van der Waals surface area (Å²) in [6, 6.07) is 2.66. The van der Waals surface area contributed by atoms with E-state index in [-0.39, 0.29) is 33.9 Å². The van der Waals surface area contributed by atoms with Gasteiger partial charge in [-0.1, -0.05) is 24.9 Å². The molecule has 102 valence electrons. The number of halogens is 1. The van der Waals surface area contributed by atoms with Crippen LogP contribution in [0.1, 0.15) is 30.1 Å². The molecule has 0 radical (unpaired) electrons. The van der Waals surface area contributed by atoms with Crippen LogP contribution in [0.5, 0.6) is 0 Å². The van der Waals surface area contributed by atoms with Crippen LogP contribution < -0.4 is 11.1 Å². The molecule has 1 aliphatic rings. The molecule has 7 heteroatoms. The number of nitro groups is 1. The maximum Gasteiger partial charge on any atom is 0.294 e. The lowest BCUT2D eigenvalue weighted by molar-refractivity contribution is -0.383. The molecule has 2 unspecified atom stereocenters. The Labute approximate surface area is 115 Å². The molecule has 1 aliphatic carbocycles. The number of amides is 1. The Balaban J connectivity index is 2.20. The lowest BCUT2D eigenvalue weighted by Crippen LogP contribution is -2.26. The molecule has 6 nitrogen and oxygen atoms in total. The molecule has 0 aliphatic heterocycles. The molecule has 0 spiro atoms. The number of nitrogen functional groups attached to an aromatic ring is 1. The second-order valence-corrected chi connectivity index (χ2v) is 5.04. The minimum atomic E-state index is -0.649. The van der Waals surface area contributed by atoms with Crippen LogP contribution in [0.4, 0.5) is 11.4 Å². The number of carbonyl (C=O) groups is 1. The summed E-state index contributed by atoms with van der Waals surface area (Å²) >= 11 is 5.81. The molecule has 19 heavy (non-hydrogen) atoms. The lowest BCUT2D eigenvalue weighted by Gasteiger charge is -2.06. The summed E-state index contributed by atoms with van der Waals surface area (Å²) in [5.74, 6) is 0.147. The van der Waals surface area contributed by atoms with E-state index in [4.69, 9.17) is 17.3 Å². The van der Waals surface area contributed by atoms with Crippen molar-refractivity contribution >= 4 is 28.9 Å². The van der Waals surface area contributed by atoms with Crippen LogP contribution in [-0.4, -0.2) is 16.9 Å². The molecule has 1 fully saturated rings. The zero-order chi connectivity index (χ0) is 14.2.